The molecule has 0 atom stereocenters. The highest BCUT2D eigenvalue weighted by Gasteiger charge is 2.06. The van der Waals surface area contributed by atoms with Crippen molar-refractivity contribution in [1.29, 1.82) is 0 Å². The van der Waals surface area contributed by atoms with Crippen LogP contribution in [0.3, 0.4) is 0 Å². The molecule has 0 saturated heterocycles. The lowest BCUT2D eigenvalue weighted by atomic mass is 10.2. The summed E-state index contributed by atoms with van der Waals surface area (Å²) in [6, 6.07) is 14.5. The van der Waals surface area contributed by atoms with Gasteiger partial charge >= 0.3 is 0 Å². The molecule has 0 aliphatic heterocycles. The van der Waals surface area contributed by atoms with Crippen LogP contribution in [0.2, 0.25) is 0 Å². The van der Waals surface area contributed by atoms with E-state index in [-0.39, 0.29) is 5.11 Å². The van der Waals surface area contributed by atoms with Gasteiger partial charge in [-0.05, 0) is 49.8 Å². The minimum absolute atomic E-state index is 0.286. The predicted octanol–water partition coefficient (Wildman–Crippen LogP) is 4.11. The number of para-hydroxylation sites is 1. The molecule has 2 aromatic carbocycles. The number of nitrogens with two attached hydrogens (primary N) is 1. The molecular weight excluding hydrogens is 272 g/mol. The van der Waals surface area contributed by atoms with E-state index in [0.29, 0.717) is 0 Å². The van der Waals surface area contributed by atoms with Gasteiger partial charge in [0, 0.05) is 9.79 Å². The van der Waals surface area contributed by atoms with Crippen molar-refractivity contribution in [2.24, 2.45) is 5.73 Å². The van der Waals surface area contributed by atoms with Crippen LogP contribution in [0.1, 0.15) is 11.1 Å². The molecule has 2 rings (SSSR count). The molecule has 0 aliphatic carbocycles. The van der Waals surface area contributed by atoms with E-state index in [1.54, 1.807) is 11.8 Å². The minimum Gasteiger partial charge on any atom is -0.376 e. The lowest BCUT2D eigenvalue weighted by Gasteiger charge is -2.12. The number of hydrogen-bond acceptors (Lipinski definition) is 2. The molecule has 0 aromatic heterocycles. The van der Waals surface area contributed by atoms with Crippen molar-refractivity contribution >= 4 is 34.8 Å². The van der Waals surface area contributed by atoms with E-state index in [1.807, 2.05) is 18.2 Å². The topological polar surface area (TPSA) is 38.0 Å². The summed E-state index contributed by atoms with van der Waals surface area (Å²) in [5.41, 5.74) is 9.04. The number of anilines is 1. The first-order valence-electron chi connectivity index (χ1n) is 5.97. The lowest BCUT2D eigenvalue weighted by Crippen LogP contribution is -2.19. The van der Waals surface area contributed by atoms with Crippen LogP contribution in [0.15, 0.2) is 52.3 Å². The Balaban J connectivity index is 2.30. The second-order valence-corrected chi connectivity index (χ2v) is 5.88. The zero-order chi connectivity index (χ0) is 13.8. The summed E-state index contributed by atoms with van der Waals surface area (Å²) >= 11 is 6.62. The molecule has 0 fully saturated rings. The van der Waals surface area contributed by atoms with E-state index < -0.39 is 0 Å². The van der Waals surface area contributed by atoms with Crippen molar-refractivity contribution in [3.05, 3.63) is 53.6 Å². The SMILES string of the molecule is Cc1ccc(Sc2ccccc2NC(N)=S)c(C)c1. The third kappa shape index (κ3) is 3.72. The Morgan fingerprint density at radius 2 is 1.84 bits per heavy atom. The van der Waals surface area contributed by atoms with Crippen molar-refractivity contribution in [1.82, 2.24) is 0 Å². The molecule has 0 amide bonds. The van der Waals surface area contributed by atoms with Gasteiger partial charge in [0.05, 0.1) is 5.69 Å². The summed E-state index contributed by atoms with van der Waals surface area (Å²) in [5.74, 6) is 0. The Morgan fingerprint density at radius 1 is 1.11 bits per heavy atom. The van der Waals surface area contributed by atoms with Crippen molar-refractivity contribution < 1.29 is 0 Å². The second kappa shape index (κ2) is 6.08. The quantitative estimate of drug-likeness (QED) is 0.834. The van der Waals surface area contributed by atoms with Gasteiger partial charge in [-0.25, -0.2) is 0 Å². The average molecular weight is 288 g/mol. The maximum Gasteiger partial charge on any atom is 0.168 e. The molecule has 2 nitrogen and oxygen atoms in total. The number of benzene rings is 2. The molecule has 19 heavy (non-hydrogen) atoms. The van der Waals surface area contributed by atoms with Gasteiger partial charge in [0.25, 0.3) is 0 Å². The van der Waals surface area contributed by atoms with Gasteiger partial charge in [-0.3, -0.25) is 0 Å². The van der Waals surface area contributed by atoms with Crippen molar-refractivity contribution in [3.63, 3.8) is 0 Å². The molecule has 0 spiro atoms. The zero-order valence-electron chi connectivity index (χ0n) is 10.9. The molecule has 4 heteroatoms. The molecule has 0 heterocycles. The van der Waals surface area contributed by atoms with E-state index in [4.69, 9.17) is 18.0 Å². The van der Waals surface area contributed by atoms with E-state index in [2.05, 4.69) is 43.4 Å². The van der Waals surface area contributed by atoms with Crippen LogP contribution in [0.5, 0.6) is 0 Å². The Bertz CT molecular complexity index is 609. The van der Waals surface area contributed by atoms with Gasteiger partial charge in [0.15, 0.2) is 5.11 Å². The molecule has 0 aliphatic rings. The van der Waals surface area contributed by atoms with Crippen molar-refractivity contribution in [3.8, 4) is 0 Å². The molecule has 0 radical (unpaired) electrons. The minimum atomic E-state index is 0.286. The van der Waals surface area contributed by atoms with Gasteiger partial charge in [0.1, 0.15) is 0 Å². The normalized spacial score (nSPS) is 10.2. The van der Waals surface area contributed by atoms with Gasteiger partial charge in [-0.2, -0.15) is 0 Å². The van der Waals surface area contributed by atoms with Crippen LogP contribution in [0, 0.1) is 13.8 Å². The van der Waals surface area contributed by atoms with Crippen molar-refractivity contribution in [2.45, 2.75) is 23.6 Å². The Kier molecular flexibility index (Phi) is 4.45. The molecule has 0 saturated carbocycles. The smallest absolute Gasteiger partial charge is 0.168 e. The summed E-state index contributed by atoms with van der Waals surface area (Å²) in [6.45, 7) is 4.22. The van der Waals surface area contributed by atoms with E-state index in [0.717, 1.165) is 10.6 Å². The van der Waals surface area contributed by atoms with E-state index in [1.165, 1.54) is 16.0 Å². The van der Waals surface area contributed by atoms with Gasteiger partial charge in [-0.1, -0.05) is 41.6 Å². The average Bonchev–Trinajstić information content (AvgIpc) is 2.34. The molecule has 0 unspecified atom stereocenters. The number of rotatable bonds is 3. The Labute approximate surface area is 123 Å². The highest BCUT2D eigenvalue weighted by molar-refractivity contribution is 7.99. The van der Waals surface area contributed by atoms with Crippen LogP contribution in [-0.4, -0.2) is 5.11 Å². The predicted molar refractivity (Wildman–Crippen MR) is 86.9 cm³/mol. The van der Waals surface area contributed by atoms with Crippen LogP contribution in [0.4, 0.5) is 5.69 Å². The van der Waals surface area contributed by atoms with Gasteiger partial charge in [0.2, 0.25) is 0 Å². The van der Waals surface area contributed by atoms with Gasteiger partial charge in [-0.15, -0.1) is 0 Å². The fraction of sp³-hybridized carbons (Fsp3) is 0.133. The number of aryl methyl sites for hydroxylation is 2. The molecule has 2 aromatic rings. The number of thiocarbonyl (C=S) groups is 1. The fourth-order valence-corrected chi connectivity index (χ4v) is 2.90. The van der Waals surface area contributed by atoms with Crippen LogP contribution < -0.4 is 11.1 Å². The Hall–Kier alpha value is -1.52. The molecule has 0 bridgehead atoms. The summed E-state index contributed by atoms with van der Waals surface area (Å²) in [5, 5.41) is 3.30. The first-order valence-corrected chi connectivity index (χ1v) is 7.19. The molecule has 98 valence electrons. The first-order chi connectivity index (χ1) is 9.06. The Morgan fingerprint density at radius 3 is 2.53 bits per heavy atom. The van der Waals surface area contributed by atoms with Crippen LogP contribution in [-0.2, 0) is 0 Å². The third-order valence-corrected chi connectivity index (χ3v) is 4.05. The highest BCUT2D eigenvalue weighted by atomic mass is 32.2. The third-order valence-electron chi connectivity index (χ3n) is 2.70. The largest absolute Gasteiger partial charge is 0.376 e. The van der Waals surface area contributed by atoms with Crippen LogP contribution in [0.25, 0.3) is 0 Å². The molecular formula is C15H16N2S2. The monoisotopic (exact) mass is 288 g/mol. The maximum atomic E-state index is 5.55. The zero-order valence-corrected chi connectivity index (χ0v) is 12.6. The standard InChI is InChI=1S/C15H16N2S2/c1-10-7-8-13(11(2)9-10)19-14-6-4-3-5-12(14)17-15(16)18/h3-9H,1-2H3,(H3,16,17,18). The second-order valence-electron chi connectivity index (χ2n) is 4.36. The first kappa shape index (κ1) is 13.9. The van der Waals surface area contributed by atoms with Gasteiger partial charge < -0.3 is 11.1 Å². The molecule has 3 N–H and O–H groups in total. The lowest BCUT2D eigenvalue weighted by molar-refractivity contribution is 1.26. The number of hydrogen-bond donors (Lipinski definition) is 2. The number of nitrogens with one attached hydrogen (secondary N) is 1. The summed E-state index contributed by atoms with van der Waals surface area (Å²) in [7, 11) is 0. The summed E-state index contributed by atoms with van der Waals surface area (Å²) in [6.07, 6.45) is 0. The van der Waals surface area contributed by atoms with Crippen LogP contribution >= 0.6 is 24.0 Å². The fourth-order valence-electron chi connectivity index (χ4n) is 1.82. The van der Waals surface area contributed by atoms with Crippen molar-refractivity contribution in [2.75, 3.05) is 5.32 Å². The van der Waals surface area contributed by atoms with E-state index in [9.17, 15) is 0 Å². The van der Waals surface area contributed by atoms with E-state index >= 15 is 0 Å². The highest BCUT2D eigenvalue weighted by Crippen LogP contribution is 2.35. The summed E-state index contributed by atoms with van der Waals surface area (Å²) in [4.78, 5) is 2.35. The maximum absolute atomic E-state index is 5.55. The summed E-state index contributed by atoms with van der Waals surface area (Å²) < 4.78 is 0.